The van der Waals surface area contributed by atoms with Gasteiger partial charge >= 0.3 is 0 Å². The van der Waals surface area contributed by atoms with Crippen molar-refractivity contribution < 1.29 is 19.1 Å². The molecule has 0 heterocycles. The normalized spacial score (nSPS) is 10.4. The van der Waals surface area contributed by atoms with Crippen molar-refractivity contribution in [2.45, 2.75) is 25.7 Å². The molecule has 0 fully saturated rings. The maximum atomic E-state index is 11.9. The Morgan fingerprint density at radius 1 is 0.643 bits per heavy atom. The van der Waals surface area contributed by atoms with Gasteiger partial charge in [-0.05, 0) is 24.3 Å². The summed E-state index contributed by atoms with van der Waals surface area (Å²) in [5, 5.41) is 0. The summed E-state index contributed by atoms with van der Waals surface area (Å²) in [6, 6.07) is 9.84. The van der Waals surface area contributed by atoms with Crippen LogP contribution >= 0.6 is 0 Å². The van der Waals surface area contributed by atoms with Gasteiger partial charge in [-0.2, -0.15) is 0 Å². The third-order valence-electron chi connectivity index (χ3n) is 4.03. The van der Waals surface area contributed by atoms with Crippen LogP contribution in [-0.2, 0) is 9.59 Å². The summed E-state index contributed by atoms with van der Waals surface area (Å²) in [5.41, 5.74) is 24.9. The van der Waals surface area contributed by atoms with Gasteiger partial charge in [0.25, 0.3) is 0 Å². The van der Waals surface area contributed by atoms with E-state index >= 15 is 0 Å². The van der Waals surface area contributed by atoms with E-state index in [0.717, 1.165) is 0 Å². The smallest absolute Gasteiger partial charge is 0.144 e. The first-order chi connectivity index (χ1) is 13.3. The van der Waals surface area contributed by atoms with Crippen molar-refractivity contribution in [2.24, 2.45) is 0 Å². The summed E-state index contributed by atoms with van der Waals surface area (Å²) in [4.78, 5) is 23.8. The number of nitrogen functional groups attached to an aromatic ring is 4. The molecule has 8 nitrogen and oxygen atoms in total. The number of anilines is 4. The Balaban J connectivity index is 1.63. The number of carbonyl (C=O) groups is 2. The zero-order chi connectivity index (χ0) is 20.5. The van der Waals surface area contributed by atoms with E-state index in [1.54, 1.807) is 36.4 Å². The minimum atomic E-state index is -0.0585. The molecule has 2 rings (SSSR count). The predicted octanol–water partition coefficient (Wildman–Crippen LogP) is 2.17. The van der Waals surface area contributed by atoms with Crippen molar-refractivity contribution in [1.29, 1.82) is 0 Å². The second-order valence-corrected chi connectivity index (χ2v) is 6.37. The van der Waals surface area contributed by atoms with E-state index in [0.29, 0.717) is 34.2 Å². The molecule has 150 valence electrons. The third kappa shape index (κ3) is 6.71. The van der Waals surface area contributed by atoms with Crippen molar-refractivity contribution in [1.82, 2.24) is 0 Å². The summed E-state index contributed by atoms with van der Waals surface area (Å²) in [6.07, 6.45) is 0.708. The van der Waals surface area contributed by atoms with Gasteiger partial charge < -0.3 is 32.4 Å². The lowest BCUT2D eigenvalue weighted by molar-refractivity contribution is -0.124. The molecule has 0 aliphatic heterocycles. The highest BCUT2D eigenvalue weighted by molar-refractivity contribution is 5.86. The van der Waals surface area contributed by atoms with E-state index in [1.165, 1.54) is 0 Å². The number of ketones is 2. The average molecular weight is 386 g/mol. The molecule has 0 bridgehead atoms. The summed E-state index contributed by atoms with van der Waals surface area (Å²) < 4.78 is 11.0. The highest BCUT2D eigenvalue weighted by atomic mass is 16.5. The van der Waals surface area contributed by atoms with Gasteiger partial charge in [0.1, 0.15) is 23.1 Å². The Kier molecular flexibility index (Phi) is 7.50. The molecule has 0 amide bonds. The van der Waals surface area contributed by atoms with Crippen molar-refractivity contribution in [2.75, 3.05) is 36.1 Å². The number of Topliss-reactive ketones (excluding diaryl/α,β-unsaturated/α-hetero) is 2. The molecule has 0 radical (unpaired) electrons. The summed E-state index contributed by atoms with van der Waals surface area (Å²) >= 11 is 0. The van der Waals surface area contributed by atoms with Gasteiger partial charge in [0.2, 0.25) is 0 Å². The highest BCUT2D eigenvalue weighted by Crippen LogP contribution is 2.25. The van der Waals surface area contributed by atoms with Crippen LogP contribution < -0.4 is 32.4 Å². The minimum Gasteiger partial charge on any atom is -0.491 e. The van der Waals surface area contributed by atoms with Gasteiger partial charge in [0.05, 0.1) is 24.6 Å². The lowest BCUT2D eigenvalue weighted by Gasteiger charge is -2.10. The fourth-order valence-electron chi connectivity index (χ4n) is 2.43. The van der Waals surface area contributed by atoms with Crippen LogP contribution in [0.3, 0.4) is 0 Å². The van der Waals surface area contributed by atoms with E-state index in [4.69, 9.17) is 32.4 Å². The summed E-state index contributed by atoms with van der Waals surface area (Å²) in [5.74, 6) is 0.775. The number of ether oxygens (including phenoxy) is 2. The van der Waals surface area contributed by atoms with Gasteiger partial charge in [0.15, 0.2) is 0 Å². The molecule has 0 aliphatic rings. The van der Waals surface area contributed by atoms with Gasteiger partial charge in [-0.25, -0.2) is 0 Å². The van der Waals surface area contributed by atoms with E-state index in [9.17, 15) is 9.59 Å². The molecule has 0 spiro atoms. The third-order valence-corrected chi connectivity index (χ3v) is 4.03. The molecule has 0 unspecified atom stereocenters. The molecule has 28 heavy (non-hydrogen) atoms. The molecule has 8 N–H and O–H groups in total. The molecule has 0 saturated carbocycles. The van der Waals surface area contributed by atoms with Crippen LogP contribution in [0.15, 0.2) is 36.4 Å². The Morgan fingerprint density at radius 2 is 1.04 bits per heavy atom. The molecule has 0 atom stereocenters. The molecular weight excluding hydrogens is 360 g/mol. The van der Waals surface area contributed by atoms with E-state index in [2.05, 4.69) is 0 Å². The minimum absolute atomic E-state index is 0.0585. The molecule has 2 aromatic rings. The van der Waals surface area contributed by atoms with Crippen LogP contribution in [0, 0.1) is 0 Å². The first-order valence-corrected chi connectivity index (χ1v) is 8.94. The maximum absolute atomic E-state index is 11.9. The van der Waals surface area contributed by atoms with Crippen molar-refractivity contribution in [3.63, 3.8) is 0 Å². The number of carbonyl (C=O) groups excluding carboxylic acids is 2. The molecule has 0 saturated heterocycles. The molecule has 2 aromatic carbocycles. The number of hydrogen-bond acceptors (Lipinski definition) is 8. The SMILES string of the molecule is Nc1ccc(N)c(OCCC(=O)CCC(=O)CCOc2cc(N)ccc2N)c1. The molecule has 0 aromatic heterocycles. The van der Waals surface area contributed by atoms with E-state index in [1.807, 2.05) is 0 Å². The maximum Gasteiger partial charge on any atom is 0.144 e. The van der Waals surface area contributed by atoms with Crippen molar-refractivity contribution in [3.8, 4) is 11.5 Å². The van der Waals surface area contributed by atoms with E-state index in [-0.39, 0.29) is 50.5 Å². The van der Waals surface area contributed by atoms with Crippen LogP contribution in [0.5, 0.6) is 11.5 Å². The molecular formula is C20H26N4O4. The second-order valence-electron chi connectivity index (χ2n) is 6.37. The molecule has 8 heteroatoms. The fourth-order valence-corrected chi connectivity index (χ4v) is 2.43. The van der Waals surface area contributed by atoms with Crippen LogP contribution in [0.1, 0.15) is 25.7 Å². The van der Waals surface area contributed by atoms with Crippen molar-refractivity contribution in [3.05, 3.63) is 36.4 Å². The zero-order valence-electron chi connectivity index (χ0n) is 15.6. The zero-order valence-corrected chi connectivity index (χ0v) is 15.6. The molecule has 0 aliphatic carbocycles. The Labute approximate surface area is 163 Å². The number of benzene rings is 2. The van der Waals surface area contributed by atoms with Crippen LogP contribution in [0.25, 0.3) is 0 Å². The quantitative estimate of drug-likeness (QED) is 0.428. The second kappa shape index (κ2) is 10.1. The van der Waals surface area contributed by atoms with Gasteiger partial charge in [-0.3, -0.25) is 9.59 Å². The Bertz CT molecular complexity index is 769. The standard InChI is InChI=1S/C20H26N4O4/c21-13-1-5-17(23)19(11-13)27-9-7-15(25)3-4-16(26)8-10-28-20-12-14(22)2-6-18(20)24/h1-2,5-6,11-12H,3-4,7-10,21-24H2. The first-order valence-electron chi connectivity index (χ1n) is 8.94. The van der Waals surface area contributed by atoms with Gasteiger partial charge in [-0.1, -0.05) is 0 Å². The van der Waals surface area contributed by atoms with Gasteiger partial charge in [-0.15, -0.1) is 0 Å². The number of rotatable bonds is 11. The van der Waals surface area contributed by atoms with Crippen LogP contribution in [0.4, 0.5) is 22.7 Å². The van der Waals surface area contributed by atoms with E-state index < -0.39 is 0 Å². The summed E-state index contributed by atoms with van der Waals surface area (Å²) in [7, 11) is 0. The first kappa shape index (κ1) is 20.9. The van der Waals surface area contributed by atoms with Crippen molar-refractivity contribution >= 4 is 34.3 Å². The summed E-state index contributed by atoms with van der Waals surface area (Å²) in [6.45, 7) is 0.358. The van der Waals surface area contributed by atoms with Crippen LogP contribution in [0.2, 0.25) is 0 Å². The fraction of sp³-hybridized carbons (Fsp3) is 0.300. The van der Waals surface area contributed by atoms with Crippen LogP contribution in [-0.4, -0.2) is 24.8 Å². The number of nitrogens with two attached hydrogens (primary N) is 4. The topological polar surface area (TPSA) is 157 Å². The average Bonchev–Trinajstić information content (AvgIpc) is 2.65. The Morgan fingerprint density at radius 3 is 1.43 bits per heavy atom. The highest BCUT2D eigenvalue weighted by Gasteiger charge is 2.10. The lowest BCUT2D eigenvalue weighted by Crippen LogP contribution is -2.11. The Hall–Kier alpha value is -3.42. The lowest BCUT2D eigenvalue weighted by atomic mass is 10.1. The monoisotopic (exact) mass is 386 g/mol. The largest absolute Gasteiger partial charge is 0.491 e. The predicted molar refractivity (Wildman–Crippen MR) is 110 cm³/mol. The van der Waals surface area contributed by atoms with Gasteiger partial charge in [0, 0.05) is 49.2 Å². The number of hydrogen-bond donors (Lipinski definition) is 4.